The third kappa shape index (κ3) is 2.27. The highest BCUT2D eigenvalue weighted by Gasteiger charge is 2.47. The molecule has 0 saturated heterocycles. The third-order valence-corrected chi connectivity index (χ3v) is 3.87. The summed E-state index contributed by atoms with van der Waals surface area (Å²) in [5, 5.41) is 0. The summed E-state index contributed by atoms with van der Waals surface area (Å²) in [6.07, 6.45) is 2.44. The SMILES string of the molecule is COC(=O)C1=C[C@H](C)C[C@@]2(OCc3cc(OC)ccc32)O1. The van der Waals surface area contributed by atoms with Crippen molar-refractivity contribution in [2.24, 2.45) is 5.92 Å². The van der Waals surface area contributed by atoms with Gasteiger partial charge in [-0.25, -0.2) is 4.79 Å². The largest absolute Gasteiger partial charge is 0.497 e. The van der Waals surface area contributed by atoms with Crippen molar-refractivity contribution >= 4 is 5.97 Å². The number of carbonyl (C=O) groups excluding carboxylic acids is 1. The lowest BCUT2D eigenvalue weighted by Crippen LogP contribution is -2.36. The van der Waals surface area contributed by atoms with Gasteiger partial charge in [0, 0.05) is 12.0 Å². The van der Waals surface area contributed by atoms with Gasteiger partial charge in [-0.05, 0) is 35.8 Å². The molecule has 21 heavy (non-hydrogen) atoms. The Kier molecular flexibility index (Phi) is 3.37. The molecule has 5 heteroatoms. The number of esters is 1. The third-order valence-electron chi connectivity index (χ3n) is 3.87. The van der Waals surface area contributed by atoms with Gasteiger partial charge in [-0.1, -0.05) is 6.92 Å². The Labute approximate surface area is 123 Å². The fourth-order valence-electron chi connectivity index (χ4n) is 2.92. The number of hydrogen-bond donors (Lipinski definition) is 0. The quantitative estimate of drug-likeness (QED) is 0.783. The van der Waals surface area contributed by atoms with Gasteiger partial charge in [0.05, 0.1) is 20.8 Å². The van der Waals surface area contributed by atoms with E-state index < -0.39 is 11.8 Å². The van der Waals surface area contributed by atoms with Gasteiger partial charge in [-0.15, -0.1) is 0 Å². The van der Waals surface area contributed by atoms with Gasteiger partial charge >= 0.3 is 5.97 Å². The van der Waals surface area contributed by atoms with E-state index in [1.807, 2.05) is 25.1 Å². The fourth-order valence-corrected chi connectivity index (χ4v) is 2.92. The lowest BCUT2D eigenvalue weighted by molar-refractivity contribution is -0.234. The Morgan fingerprint density at radius 3 is 2.90 bits per heavy atom. The first-order valence-electron chi connectivity index (χ1n) is 6.88. The normalized spacial score (nSPS) is 26.8. The zero-order valence-electron chi connectivity index (χ0n) is 12.3. The highest BCUT2D eigenvalue weighted by atomic mass is 16.7. The van der Waals surface area contributed by atoms with E-state index in [1.165, 1.54) is 7.11 Å². The molecule has 0 radical (unpaired) electrons. The minimum Gasteiger partial charge on any atom is -0.497 e. The van der Waals surface area contributed by atoms with Crippen molar-refractivity contribution in [1.29, 1.82) is 0 Å². The molecule has 0 aromatic heterocycles. The number of carbonyl (C=O) groups is 1. The molecule has 2 heterocycles. The number of benzene rings is 1. The standard InChI is InChI=1S/C16H18O5/c1-10-6-14(15(17)19-3)21-16(8-10)13-5-4-12(18-2)7-11(13)9-20-16/h4-7,10H,8-9H2,1-3H3/t10-,16+/m0/s1. The molecule has 0 aliphatic carbocycles. The smallest absolute Gasteiger partial charge is 0.373 e. The van der Waals surface area contributed by atoms with Gasteiger partial charge in [-0.2, -0.15) is 0 Å². The van der Waals surface area contributed by atoms with Crippen LogP contribution in [0.1, 0.15) is 24.5 Å². The molecule has 2 atom stereocenters. The second kappa shape index (κ2) is 5.07. The maximum Gasteiger partial charge on any atom is 0.373 e. The summed E-state index contributed by atoms with van der Waals surface area (Å²) in [6.45, 7) is 2.46. The van der Waals surface area contributed by atoms with Crippen LogP contribution in [0.25, 0.3) is 0 Å². The van der Waals surface area contributed by atoms with Gasteiger partial charge in [0.15, 0.2) is 0 Å². The van der Waals surface area contributed by atoms with E-state index in [1.54, 1.807) is 13.2 Å². The van der Waals surface area contributed by atoms with Crippen LogP contribution in [0.15, 0.2) is 30.0 Å². The highest BCUT2D eigenvalue weighted by Crippen LogP contribution is 2.47. The Morgan fingerprint density at radius 2 is 2.19 bits per heavy atom. The molecule has 0 fully saturated rings. The van der Waals surface area contributed by atoms with E-state index in [-0.39, 0.29) is 11.7 Å². The molecule has 3 rings (SSSR count). The van der Waals surface area contributed by atoms with Crippen LogP contribution in [-0.2, 0) is 31.4 Å². The van der Waals surface area contributed by atoms with E-state index in [9.17, 15) is 4.79 Å². The molecule has 5 nitrogen and oxygen atoms in total. The Morgan fingerprint density at radius 1 is 1.38 bits per heavy atom. The topological polar surface area (TPSA) is 54.0 Å². The molecule has 0 amide bonds. The molecule has 0 unspecified atom stereocenters. The Balaban J connectivity index is 1.98. The van der Waals surface area contributed by atoms with Crippen LogP contribution in [0, 0.1) is 5.92 Å². The monoisotopic (exact) mass is 290 g/mol. The maximum atomic E-state index is 11.8. The van der Waals surface area contributed by atoms with E-state index in [0.29, 0.717) is 13.0 Å². The second-order valence-electron chi connectivity index (χ2n) is 5.37. The van der Waals surface area contributed by atoms with Crippen LogP contribution in [-0.4, -0.2) is 20.2 Å². The van der Waals surface area contributed by atoms with Crippen LogP contribution in [0.5, 0.6) is 5.75 Å². The molecule has 1 aromatic carbocycles. The highest BCUT2D eigenvalue weighted by molar-refractivity contribution is 5.86. The molecule has 0 saturated carbocycles. The van der Waals surface area contributed by atoms with Gasteiger partial charge in [0.1, 0.15) is 5.75 Å². The minimum atomic E-state index is -0.903. The van der Waals surface area contributed by atoms with Crippen molar-refractivity contribution in [3.05, 3.63) is 41.2 Å². The fraction of sp³-hybridized carbons (Fsp3) is 0.438. The lowest BCUT2D eigenvalue weighted by atomic mass is 9.91. The van der Waals surface area contributed by atoms with Gasteiger partial charge < -0.3 is 18.9 Å². The van der Waals surface area contributed by atoms with Crippen LogP contribution >= 0.6 is 0 Å². The number of hydrogen-bond acceptors (Lipinski definition) is 5. The summed E-state index contributed by atoms with van der Waals surface area (Å²) in [5.74, 6) is -0.242. The van der Waals surface area contributed by atoms with Crippen LogP contribution in [0.3, 0.4) is 0 Å². The molecule has 2 aliphatic heterocycles. The van der Waals surface area contributed by atoms with Crippen molar-refractivity contribution in [2.45, 2.75) is 25.7 Å². The zero-order chi connectivity index (χ0) is 15.0. The molecular formula is C16H18O5. The van der Waals surface area contributed by atoms with Gasteiger partial charge in [0.2, 0.25) is 11.5 Å². The number of rotatable bonds is 2. The molecule has 1 spiro atoms. The van der Waals surface area contributed by atoms with Crippen molar-refractivity contribution in [3.63, 3.8) is 0 Å². The molecule has 1 aromatic rings. The second-order valence-corrected chi connectivity index (χ2v) is 5.37. The number of methoxy groups -OCH3 is 2. The van der Waals surface area contributed by atoms with E-state index in [4.69, 9.17) is 18.9 Å². The van der Waals surface area contributed by atoms with Crippen molar-refractivity contribution in [2.75, 3.05) is 14.2 Å². The molecule has 2 aliphatic rings. The zero-order valence-corrected chi connectivity index (χ0v) is 12.3. The van der Waals surface area contributed by atoms with Crippen molar-refractivity contribution in [3.8, 4) is 5.75 Å². The summed E-state index contributed by atoms with van der Waals surface area (Å²) >= 11 is 0. The van der Waals surface area contributed by atoms with Crippen molar-refractivity contribution < 1.29 is 23.7 Å². The summed E-state index contributed by atoms with van der Waals surface area (Å²) in [4.78, 5) is 11.8. The molecule has 0 N–H and O–H groups in total. The predicted molar refractivity (Wildman–Crippen MR) is 74.4 cm³/mol. The molecular weight excluding hydrogens is 272 g/mol. The average Bonchev–Trinajstić information content (AvgIpc) is 2.83. The predicted octanol–water partition coefficient (Wildman–Crippen LogP) is 2.49. The first kappa shape index (κ1) is 13.9. The Bertz CT molecular complexity index is 607. The minimum absolute atomic E-state index is 0.154. The van der Waals surface area contributed by atoms with Gasteiger partial charge in [-0.3, -0.25) is 0 Å². The van der Waals surface area contributed by atoms with Crippen molar-refractivity contribution in [1.82, 2.24) is 0 Å². The number of fused-ring (bicyclic) bond motifs is 2. The molecule has 0 bridgehead atoms. The molecule has 112 valence electrons. The van der Waals surface area contributed by atoms with Crippen LogP contribution in [0.4, 0.5) is 0 Å². The lowest BCUT2D eigenvalue weighted by Gasteiger charge is -2.35. The summed E-state index contributed by atoms with van der Waals surface area (Å²) in [5.41, 5.74) is 1.97. The van der Waals surface area contributed by atoms with E-state index >= 15 is 0 Å². The average molecular weight is 290 g/mol. The number of allylic oxidation sites excluding steroid dienone is 1. The summed E-state index contributed by atoms with van der Waals surface area (Å²) in [6, 6.07) is 5.75. The van der Waals surface area contributed by atoms with E-state index in [0.717, 1.165) is 16.9 Å². The Hall–Kier alpha value is -2.01. The van der Waals surface area contributed by atoms with Gasteiger partial charge in [0.25, 0.3) is 0 Å². The van der Waals surface area contributed by atoms with Crippen LogP contribution < -0.4 is 4.74 Å². The maximum absolute atomic E-state index is 11.8. The van der Waals surface area contributed by atoms with E-state index in [2.05, 4.69) is 0 Å². The van der Waals surface area contributed by atoms with Crippen LogP contribution in [0.2, 0.25) is 0 Å². The summed E-state index contributed by atoms with van der Waals surface area (Å²) in [7, 11) is 2.97. The summed E-state index contributed by atoms with van der Waals surface area (Å²) < 4.78 is 21.8. The first-order chi connectivity index (χ1) is 10.1. The first-order valence-corrected chi connectivity index (χ1v) is 6.88. The number of ether oxygens (including phenoxy) is 4.